The zero-order valence-electron chi connectivity index (χ0n) is 14.7. The number of aliphatic carboxylic acids is 1. The zero-order valence-corrected chi connectivity index (χ0v) is 14.7. The summed E-state index contributed by atoms with van der Waals surface area (Å²) in [6.07, 6.45) is 2.64. The average Bonchev–Trinajstić information content (AvgIpc) is 3.03. The van der Waals surface area contributed by atoms with Gasteiger partial charge >= 0.3 is 5.97 Å². The third kappa shape index (κ3) is 3.11. The van der Waals surface area contributed by atoms with Gasteiger partial charge in [0.05, 0.1) is 25.0 Å². The highest BCUT2D eigenvalue weighted by Crippen LogP contribution is 2.45. The number of ether oxygens (including phenoxy) is 2. The van der Waals surface area contributed by atoms with Crippen molar-refractivity contribution in [3.05, 3.63) is 29.8 Å². The fourth-order valence-corrected chi connectivity index (χ4v) is 4.14. The normalized spacial score (nSPS) is 24.6. The van der Waals surface area contributed by atoms with Crippen molar-refractivity contribution in [2.24, 2.45) is 11.3 Å². The number of methoxy groups -OCH3 is 2. The molecule has 1 aromatic rings. The first kappa shape index (κ1) is 17.7. The Balaban J connectivity index is 1.86. The molecule has 2 aliphatic rings. The van der Waals surface area contributed by atoms with Gasteiger partial charge in [0.2, 0.25) is 5.91 Å². The monoisotopic (exact) mass is 347 g/mol. The Morgan fingerprint density at radius 3 is 2.52 bits per heavy atom. The number of carboxylic acid groups (broad SMARTS) is 1. The van der Waals surface area contributed by atoms with E-state index in [0.717, 1.165) is 24.8 Å². The number of benzene rings is 1. The molecule has 1 aromatic carbocycles. The molecule has 1 heterocycles. The highest BCUT2D eigenvalue weighted by Gasteiger charge is 2.50. The van der Waals surface area contributed by atoms with Crippen molar-refractivity contribution < 1.29 is 24.2 Å². The molecule has 136 valence electrons. The molecule has 1 N–H and O–H groups in total. The molecule has 2 atom stereocenters. The second-order valence-corrected chi connectivity index (χ2v) is 7.07. The van der Waals surface area contributed by atoms with Gasteiger partial charge in [-0.25, -0.2) is 0 Å². The summed E-state index contributed by atoms with van der Waals surface area (Å²) in [4.78, 5) is 26.6. The van der Waals surface area contributed by atoms with Crippen molar-refractivity contribution >= 4 is 11.9 Å². The van der Waals surface area contributed by atoms with Gasteiger partial charge in [-0.15, -0.1) is 0 Å². The van der Waals surface area contributed by atoms with Crippen LogP contribution in [0.4, 0.5) is 0 Å². The number of likely N-dealkylation sites (tertiary alicyclic amines) is 1. The summed E-state index contributed by atoms with van der Waals surface area (Å²) >= 11 is 0. The van der Waals surface area contributed by atoms with Crippen LogP contribution in [0.15, 0.2) is 24.3 Å². The maximum absolute atomic E-state index is 13.1. The first-order chi connectivity index (χ1) is 12.0. The molecule has 1 aliphatic heterocycles. The van der Waals surface area contributed by atoms with E-state index in [0.29, 0.717) is 18.9 Å². The van der Waals surface area contributed by atoms with E-state index in [1.807, 2.05) is 24.3 Å². The van der Waals surface area contributed by atoms with E-state index in [-0.39, 0.29) is 18.4 Å². The lowest BCUT2D eigenvalue weighted by molar-refractivity contribution is -0.151. The van der Waals surface area contributed by atoms with Crippen molar-refractivity contribution in [2.75, 3.05) is 33.9 Å². The van der Waals surface area contributed by atoms with Crippen LogP contribution >= 0.6 is 0 Å². The number of hydrogen-bond donors (Lipinski definition) is 1. The first-order valence-electron chi connectivity index (χ1n) is 8.66. The Hall–Kier alpha value is -2.08. The van der Waals surface area contributed by atoms with Gasteiger partial charge in [-0.05, 0) is 24.5 Å². The van der Waals surface area contributed by atoms with Gasteiger partial charge in [-0.2, -0.15) is 0 Å². The third-order valence-corrected chi connectivity index (χ3v) is 5.65. The molecule has 1 amide bonds. The van der Waals surface area contributed by atoms with Crippen LogP contribution in [0.2, 0.25) is 0 Å². The third-order valence-electron chi connectivity index (χ3n) is 5.65. The number of amides is 1. The minimum atomic E-state index is -0.874. The summed E-state index contributed by atoms with van der Waals surface area (Å²) in [6.45, 7) is 1.05. The maximum atomic E-state index is 13.1. The van der Waals surface area contributed by atoms with Crippen LogP contribution in [-0.4, -0.2) is 55.8 Å². The molecular formula is C19H25NO5. The van der Waals surface area contributed by atoms with Crippen LogP contribution in [0.25, 0.3) is 0 Å². The van der Waals surface area contributed by atoms with E-state index in [1.54, 1.807) is 19.1 Å². The lowest BCUT2D eigenvalue weighted by Crippen LogP contribution is -2.50. The van der Waals surface area contributed by atoms with Crippen molar-refractivity contribution in [3.63, 3.8) is 0 Å². The minimum absolute atomic E-state index is 0.0317. The van der Waals surface area contributed by atoms with E-state index in [1.165, 1.54) is 0 Å². The summed E-state index contributed by atoms with van der Waals surface area (Å²) in [7, 11) is 3.18. The molecule has 25 heavy (non-hydrogen) atoms. The van der Waals surface area contributed by atoms with E-state index in [4.69, 9.17) is 9.47 Å². The fourth-order valence-electron chi connectivity index (χ4n) is 4.14. The molecule has 1 saturated heterocycles. The maximum Gasteiger partial charge on any atom is 0.308 e. The highest BCUT2D eigenvalue weighted by atomic mass is 16.5. The highest BCUT2D eigenvalue weighted by molar-refractivity contribution is 5.85. The largest absolute Gasteiger partial charge is 0.496 e. The molecule has 0 unspecified atom stereocenters. The Morgan fingerprint density at radius 1 is 1.24 bits per heavy atom. The molecule has 0 spiro atoms. The molecule has 6 heteroatoms. The predicted molar refractivity (Wildman–Crippen MR) is 91.6 cm³/mol. The van der Waals surface area contributed by atoms with Gasteiger partial charge < -0.3 is 19.5 Å². The molecule has 1 aliphatic carbocycles. The molecule has 0 bridgehead atoms. The number of carbonyl (C=O) groups excluding carboxylic acids is 1. The Labute approximate surface area is 147 Å². The van der Waals surface area contributed by atoms with E-state index in [9.17, 15) is 14.7 Å². The predicted octanol–water partition coefficient (Wildman–Crippen LogP) is 2.14. The lowest BCUT2D eigenvalue weighted by Gasteiger charge is -2.42. The summed E-state index contributed by atoms with van der Waals surface area (Å²) in [6, 6.07) is 7.45. The number of nitrogens with zero attached hydrogens (tertiary/aromatic N) is 1. The quantitative estimate of drug-likeness (QED) is 0.853. The van der Waals surface area contributed by atoms with Gasteiger partial charge in [-0.3, -0.25) is 9.59 Å². The van der Waals surface area contributed by atoms with Crippen LogP contribution in [-0.2, 0) is 14.3 Å². The SMILES string of the molecule is COCC1(C(=O)N2C[C@@H](C(=O)O)[C@H](c3ccccc3OC)C2)CCC1. The molecule has 2 fully saturated rings. The zero-order chi connectivity index (χ0) is 18.0. The van der Waals surface area contributed by atoms with Gasteiger partial charge in [0.1, 0.15) is 5.75 Å². The number of para-hydroxylation sites is 1. The van der Waals surface area contributed by atoms with Gasteiger partial charge in [0, 0.05) is 26.1 Å². The van der Waals surface area contributed by atoms with Crippen molar-refractivity contribution in [3.8, 4) is 5.75 Å². The Kier molecular flexibility index (Phi) is 4.99. The summed E-state index contributed by atoms with van der Waals surface area (Å²) in [5.74, 6) is -1.06. The van der Waals surface area contributed by atoms with Crippen molar-refractivity contribution in [1.29, 1.82) is 0 Å². The number of carbonyl (C=O) groups is 2. The van der Waals surface area contributed by atoms with Crippen molar-refractivity contribution in [1.82, 2.24) is 4.90 Å². The fraction of sp³-hybridized carbons (Fsp3) is 0.579. The molecule has 1 saturated carbocycles. The van der Waals surface area contributed by atoms with Gasteiger partial charge in [-0.1, -0.05) is 24.6 Å². The molecule has 3 rings (SSSR count). The number of carboxylic acids is 1. The smallest absolute Gasteiger partial charge is 0.308 e. The van der Waals surface area contributed by atoms with E-state index < -0.39 is 17.3 Å². The Morgan fingerprint density at radius 2 is 1.96 bits per heavy atom. The summed E-state index contributed by atoms with van der Waals surface area (Å²) in [5.41, 5.74) is 0.384. The second kappa shape index (κ2) is 7.04. The Bertz CT molecular complexity index is 655. The molecular weight excluding hydrogens is 322 g/mol. The molecule has 6 nitrogen and oxygen atoms in total. The van der Waals surface area contributed by atoms with Crippen LogP contribution in [0, 0.1) is 11.3 Å². The van der Waals surface area contributed by atoms with Gasteiger partial charge in [0.15, 0.2) is 0 Å². The molecule has 0 aromatic heterocycles. The van der Waals surface area contributed by atoms with Crippen LogP contribution in [0.1, 0.15) is 30.7 Å². The summed E-state index contributed by atoms with van der Waals surface area (Å²) < 4.78 is 10.7. The van der Waals surface area contributed by atoms with Crippen LogP contribution in [0.5, 0.6) is 5.75 Å². The van der Waals surface area contributed by atoms with Gasteiger partial charge in [0.25, 0.3) is 0 Å². The first-order valence-corrected chi connectivity index (χ1v) is 8.66. The van der Waals surface area contributed by atoms with E-state index >= 15 is 0 Å². The topological polar surface area (TPSA) is 76.1 Å². The second-order valence-electron chi connectivity index (χ2n) is 7.07. The number of rotatable bonds is 6. The van der Waals surface area contributed by atoms with E-state index in [2.05, 4.69) is 0 Å². The molecule has 0 radical (unpaired) electrons. The average molecular weight is 347 g/mol. The standard InChI is InChI=1S/C19H25NO5/c1-24-12-19(8-5-9-19)18(23)20-10-14(15(11-20)17(21)22)13-6-3-4-7-16(13)25-2/h3-4,6-7,14-15H,5,8-12H2,1-2H3,(H,21,22)/t14-,15+/m0/s1. The minimum Gasteiger partial charge on any atom is -0.496 e. The van der Waals surface area contributed by atoms with Crippen LogP contribution in [0.3, 0.4) is 0 Å². The van der Waals surface area contributed by atoms with Crippen molar-refractivity contribution in [2.45, 2.75) is 25.2 Å². The lowest BCUT2D eigenvalue weighted by atomic mass is 9.68. The van der Waals surface area contributed by atoms with Crippen LogP contribution < -0.4 is 4.74 Å². The summed E-state index contributed by atoms with van der Waals surface area (Å²) in [5, 5.41) is 9.68. The number of hydrogen-bond acceptors (Lipinski definition) is 4.